The van der Waals surface area contributed by atoms with E-state index in [1.807, 2.05) is 13.0 Å². The molecule has 0 radical (unpaired) electrons. The normalized spacial score (nSPS) is 16.8. The molecule has 0 aliphatic carbocycles. The van der Waals surface area contributed by atoms with Gasteiger partial charge in [0, 0.05) is 25.6 Å². The Morgan fingerprint density at radius 1 is 1.42 bits per heavy atom. The number of rotatable bonds is 5. The standard InChI is InChI=1S/C13H22N4O2/c1-2-12-15-11(14)9-13(16-12)17-5-3-10(4-6-17)19-8-7-18/h9-10,18H,2-8H2,1H3,(H2,14,15,16). The number of ether oxygens (including phenoxy) is 1. The highest BCUT2D eigenvalue weighted by atomic mass is 16.5. The van der Waals surface area contributed by atoms with Gasteiger partial charge in [-0.15, -0.1) is 0 Å². The quantitative estimate of drug-likeness (QED) is 0.812. The predicted octanol–water partition coefficient (Wildman–Crippen LogP) is 0.599. The van der Waals surface area contributed by atoms with Crippen molar-refractivity contribution < 1.29 is 9.84 Å². The molecule has 2 rings (SSSR count). The van der Waals surface area contributed by atoms with Crippen molar-refractivity contribution in [1.82, 2.24) is 9.97 Å². The first-order chi connectivity index (χ1) is 9.22. The van der Waals surface area contributed by atoms with Crippen LogP contribution < -0.4 is 10.6 Å². The number of hydrogen-bond donors (Lipinski definition) is 2. The summed E-state index contributed by atoms with van der Waals surface area (Å²) in [6, 6.07) is 1.83. The Morgan fingerprint density at radius 3 is 2.79 bits per heavy atom. The van der Waals surface area contributed by atoms with Crippen LogP contribution in [0, 0.1) is 0 Å². The number of nitrogen functional groups attached to an aromatic ring is 1. The Hall–Kier alpha value is -1.40. The van der Waals surface area contributed by atoms with E-state index in [9.17, 15) is 0 Å². The summed E-state index contributed by atoms with van der Waals surface area (Å²) < 4.78 is 5.55. The third-order valence-electron chi connectivity index (χ3n) is 3.31. The van der Waals surface area contributed by atoms with E-state index < -0.39 is 0 Å². The first kappa shape index (κ1) is 14.0. The number of anilines is 2. The van der Waals surface area contributed by atoms with E-state index >= 15 is 0 Å². The summed E-state index contributed by atoms with van der Waals surface area (Å²) in [5.41, 5.74) is 5.80. The van der Waals surface area contributed by atoms with Crippen molar-refractivity contribution in [3.8, 4) is 0 Å². The van der Waals surface area contributed by atoms with Gasteiger partial charge in [0.2, 0.25) is 0 Å². The van der Waals surface area contributed by atoms with Crippen molar-refractivity contribution in [3.63, 3.8) is 0 Å². The van der Waals surface area contributed by atoms with Crippen LogP contribution in [0.4, 0.5) is 11.6 Å². The Labute approximate surface area is 113 Å². The highest BCUT2D eigenvalue weighted by Crippen LogP contribution is 2.21. The van der Waals surface area contributed by atoms with E-state index in [0.29, 0.717) is 12.4 Å². The second kappa shape index (κ2) is 6.68. The zero-order valence-corrected chi connectivity index (χ0v) is 11.4. The number of aryl methyl sites for hydroxylation is 1. The summed E-state index contributed by atoms with van der Waals surface area (Å²) >= 11 is 0. The van der Waals surface area contributed by atoms with Crippen LogP contribution in [0.5, 0.6) is 0 Å². The average Bonchev–Trinajstić information content (AvgIpc) is 2.45. The largest absolute Gasteiger partial charge is 0.394 e. The molecule has 6 heteroatoms. The van der Waals surface area contributed by atoms with Crippen LogP contribution >= 0.6 is 0 Å². The van der Waals surface area contributed by atoms with E-state index in [4.69, 9.17) is 15.6 Å². The van der Waals surface area contributed by atoms with Gasteiger partial charge in [-0.05, 0) is 12.8 Å². The molecule has 1 saturated heterocycles. The topological polar surface area (TPSA) is 84.5 Å². The van der Waals surface area contributed by atoms with Gasteiger partial charge in [0.25, 0.3) is 0 Å². The third kappa shape index (κ3) is 3.78. The van der Waals surface area contributed by atoms with Crippen molar-refractivity contribution in [3.05, 3.63) is 11.9 Å². The van der Waals surface area contributed by atoms with Gasteiger partial charge in [-0.25, -0.2) is 9.97 Å². The summed E-state index contributed by atoms with van der Waals surface area (Å²) in [6.07, 6.45) is 2.93. The van der Waals surface area contributed by atoms with Crippen LogP contribution in [0.3, 0.4) is 0 Å². The summed E-state index contributed by atoms with van der Waals surface area (Å²) in [6.45, 7) is 4.33. The lowest BCUT2D eigenvalue weighted by atomic mass is 10.1. The number of piperidine rings is 1. The molecular formula is C13H22N4O2. The molecule has 19 heavy (non-hydrogen) atoms. The molecule has 0 bridgehead atoms. The summed E-state index contributed by atoms with van der Waals surface area (Å²) in [4.78, 5) is 10.9. The highest BCUT2D eigenvalue weighted by Gasteiger charge is 2.21. The molecule has 0 spiro atoms. The number of hydrogen-bond acceptors (Lipinski definition) is 6. The molecular weight excluding hydrogens is 244 g/mol. The molecule has 1 aliphatic rings. The fourth-order valence-corrected chi connectivity index (χ4v) is 2.29. The molecule has 6 nitrogen and oxygen atoms in total. The van der Waals surface area contributed by atoms with Gasteiger partial charge in [-0.1, -0.05) is 6.92 Å². The number of nitrogens with two attached hydrogens (primary N) is 1. The van der Waals surface area contributed by atoms with Crippen LogP contribution in [0.2, 0.25) is 0 Å². The van der Waals surface area contributed by atoms with Crippen LogP contribution in [0.25, 0.3) is 0 Å². The minimum atomic E-state index is 0.0858. The van der Waals surface area contributed by atoms with E-state index in [2.05, 4.69) is 14.9 Å². The summed E-state index contributed by atoms with van der Waals surface area (Å²) in [5, 5.41) is 8.75. The van der Waals surface area contributed by atoms with Gasteiger partial charge < -0.3 is 20.5 Å². The lowest BCUT2D eigenvalue weighted by molar-refractivity contribution is 0.0158. The monoisotopic (exact) mass is 266 g/mol. The van der Waals surface area contributed by atoms with Gasteiger partial charge in [0.05, 0.1) is 19.3 Å². The first-order valence-corrected chi connectivity index (χ1v) is 6.83. The van der Waals surface area contributed by atoms with Crippen molar-refractivity contribution >= 4 is 11.6 Å². The number of aliphatic hydroxyl groups excluding tert-OH is 1. The maximum absolute atomic E-state index is 8.75. The molecule has 2 heterocycles. The maximum Gasteiger partial charge on any atom is 0.134 e. The molecule has 3 N–H and O–H groups in total. The van der Waals surface area contributed by atoms with Gasteiger partial charge >= 0.3 is 0 Å². The Bertz CT molecular complexity index is 406. The Kier molecular flexibility index (Phi) is 4.93. The molecule has 106 valence electrons. The average molecular weight is 266 g/mol. The zero-order valence-electron chi connectivity index (χ0n) is 11.4. The van der Waals surface area contributed by atoms with E-state index in [0.717, 1.165) is 44.0 Å². The minimum absolute atomic E-state index is 0.0858. The second-order valence-corrected chi connectivity index (χ2v) is 4.70. The number of aliphatic hydroxyl groups is 1. The lowest BCUT2D eigenvalue weighted by Crippen LogP contribution is -2.38. The molecule has 0 amide bonds. The Balaban J connectivity index is 1.95. The van der Waals surface area contributed by atoms with Crippen molar-refractivity contribution in [2.24, 2.45) is 0 Å². The second-order valence-electron chi connectivity index (χ2n) is 4.70. The smallest absolute Gasteiger partial charge is 0.134 e. The minimum Gasteiger partial charge on any atom is -0.394 e. The van der Waals surface area contributed by atoms with Crippen molar-refractivity contribution in [1.29, 1.82) is 0 Å². The summed E-state index contributed by atoms with van der Waals surface area (Å²) in [5.74, 6) is 2.22. The lowest BCUT2D eigenvalue weighted by Gasteiger charge is -2.32. The molecule has 1 aromatic rings. The molecule has 0 aromatic carbocycles. The molecule has 1 aliphatic heterocycles. The van der Waals surface area contributed by atoms with Crippen molar-refractivity contribution in [2.75, 3.05) is 36.9 Å². The third-order valence-corrected chi connectivity index (χ3v) is 3.31. The Morgan fingerprint density at radius 2 is 2.16 bits per heavy atom. The molecule has 1 fully saturated rings. The predicted molar refractivity (Wildman–Crippen MR) is 74.1 cm³/mol. The number of aromatic nitrogens is 2. The molecule has 0 saturated carbocycles. The highest BCUT2D eigenvalue weighted by molar-refractivity contribution is 5.47. The fraction of sp³-hybridized carbons (Fsp3) is 0.692. The number of nitrogens with zero attached hydrogens (tertiary/aromatic N) is 3. The zero-order chi connectivity index (χ0) is 13.7. The van der Waals surface area contributed by atoms with Gasteiger partial charge in [0.15, 0.2) is 0 Å². The van der Waals surface area contributed by atoms with Gasteiger partial charge in [0.1, 0.15) is 17.5 Å². The maximum atomic E-state index is 8.75. The van der Waals surface area contributed by atoms with Gasteiger partial charge in [-0.3, -0.25) is 0 Å². The van der Waals surface area contributed by atoms with E-state index in [1.165, 1.54) is 0 Å². The van der Waals surface area contributed by atoms with Crippen molar-refractivity contribution in [2.45, 2.75) is 32.3 Å². The van der Waals surface area contributed by atoms with E-state index in [1.54, 1.807) is 0 Å². The van der Waals surface area contributed by atoms with Gasteiger partial charge in [-0.2, -0.15) is 0 Å². The summed E-state index contributed by atoms with van der Waals surface area (Å²) in [7, 11) is 0. The van der Waals surface area contributed by atoms with E-state index in [-0.39, 0.29) is 12.7 Å². The van der Waals surface area contributed by atoms with Crippen LogP contribution in [-0.4, -0.2) is 47.5 Å². The molecule has 1 aromatic heterocycles. The van der Waals surface area contributed by atoms with Crippen LogP contribution in [0.1, 0.15) is 25.6 Å². The first-order valence-electron chi connectivity index (χ1n) is 6.83. The van der Waals surface area contributed by atoms with Crippen LogP contribution in [0.15, 0.2) is 6.07 Å². The fourth-order valence-electron chi connectivity index (χ4n) is 2.29. The SMILES string of the molecule is CCc1nc(N)cc(N2CCC(OCCO)CC2)n1. The molecule has 0 unspecified atom stereocenters. The molecule has 0 atom stereocenters. The van der Waals surface area contributed by atoms with Crippen LogP contribution in [-0.2, 0) is 11.2 Å².